The number of nitrogens with one attached hydrogen (secondary N) is 2. The number of hydrogen-bond acceptors (Lipinski definition) is 4. The van der Waals surface area contributed by atoms with E-state index in [1.165, 1.54) is 6.07 Å². The van der Waals surface area contributed by atoms with Gasteiger partial charge in [-0.25, -0.2) is 0 Å². The first kappa shape index (κ1) is 13.9. The number of anilines is 1. The molecule has 0 aromatic heterocycles. The number of halogens is 1. The molecule has 0 amide bonds. The van der Waals surface area contributed by atoms with Gasteiger partial charge >= 0.3 is 0 Å². The van der Waals surface area contributed by atoms with E-state index in [4.69, 9.17) is 0 Å². The summed E-state index contributed by atoms with van der Waals surface area (Å²) in [5.74, 6) is 0. The quantitative estimate of drug-likeness (QED) is 0.482. The van der Waals surface area contributed by atoms with Crippen molar-refractivity contribution >= 4 is 27.3 Å². The van der Waals surface area contributed by atoms with Crippen LogP contribution in [0.1, 0.15) is 13.8 Å². The molecule has 0 spiro atoms. The number of nitro groups is 1. The lowest BCUT2D eigenvalue weighted by atomic mass is 10.2. The first-order valence-corrected chi connectivity index (χ1v) is 6.21. The van der Waals surface area contributed by atoms with E-state index in [1.54, 1.807) is 12.1 Å². The van der Waals surface area contributed by atoms with Crippen LogP contribution in [0, 0.1) is 10.1 Å². The molecular weight excluding hydrogens is 286 g/mol. The van der Waals surface area contributed by atoms with Crippen LogP contribution in [0.25, 0.3) is 0 Å². The monoisotopic (exact) mass is 301 g/mol. The van der Waals surface area contributed by atoms with E-state index in [9.17, 15) is 10.1 Å². The highest BCUT2D eigenvalue weighted by molar-refractivity contribution is 9.10. The lowest BCUT2D eigenvalue weighted by Gasteiger charge is -2.10. The van der Waals surface area contributed by atoms with Gasteiger partial charge in [0.2, 0.25) is 0 Å². The second-order valence-electron chi connectivity index (χ2n) is 3.95. The topological polar surface area (TPSA) is 67.2 Å². The summed E-state index contributed by atoms with van der Waals surface area (Å²) in [4.78, 5) is 10.5. The minimum atomic E-state index is -0.386. The van der Waals surface area contributed by atoms with Gasteiger partial charge in [-0.15, -0.1) is 0 Å². The summed E-state index contributed by atoms with van der Waals surface area (Å²) in [6.07, 6.45) is 0. The van der Waals surface area contributed by atoms with E-state index in [2.05, 4.69) is 40.4 Å². The van der Waals surface area contributed by atoms with Gasteiger partial charge in [0, 0.05) is 29.7 Å². The zero-order valence-electron chi connectivity index (χ0n) is 9.87. The highest BCUT2D eigenvalue weighted by Gasteiger charge is 2.13. The smallest absolute Gasteiger partial charge is 0.293 e. The largest absolute Gasteiger partial charge is 0.378 e. The maximum atomic E-state index is 10.8. The highest BCUT2D eigenvalue weighted by Crippen LogP contribution is 2.27. The zero-order valence-corrected chi connectivity index (χ0v) is 11.5. The van der Waals surface area contributed by atoms with Crippen LogP contribution in [0.15, 0.2) is 22.7 Å². The van der Waals surface area contributed by atoms with Gasteiger partial charge in [0.15, 0.2) is 0 Å². The zero-order chi connectivity index (χ0) is 12.8. The Morgan fingerprint density at radius 2 is 2.12 bits per heavy atom. The van der Waals surface area contributed by atoms with Crippen LogP contribution in [-0.2, 0) is 0 Å². The maximum Gasteiger partial charge on any atom is 0.293 e. The van der Waals surface area contributed by atoms with Crippen molar-refractivity contribution in [2.24, 2.45) is 0 Å². The molecule has 1 rings (SSSR count). The van der Waals surface area contributed by atoms with Crippen molar-refractivity contribution in [1.29, 1.82) is 0 Å². The molecule has 0 saturated carbocycles. The lowest BCUT2D eigenvalue weighted by molar-refractivity contribution is -0.384. The lowest BCUT2D eigenvalue weighted by Crippen LogP contribution is -2.28. The summed E-state index contributed by atoms with van der Waals surface area (Å²) in [7, 11) is 0. The van der Waals surface area contributed by atoms with Crippen molar-refractivity contribution < 1.29 is 4.92 Å². The molecule has 0 aliphatic heterocycles. The molecule has 5 nitrogen and oxygen atoms in total. The summed E-state index contributed by atoms with van der Waals surface area (Å²) in [6, 6.07) is 5.40. The molecule has 0 heterocycles. The van der Waals surface area contributed by atoms with Gasteiger partial charge in [0.25, 0.3) is 5.69 Å². The van der Waals surface area contributed by atoms with E-state index < -0.39 is 0 Å². The maximum absolute atomic E-state index is 10.8. The van der Waals surface area contributed by atoms with E-state index >= 15 is 0 Å². The molecule has 1 aromatic rings. The summed E-state index contributed by atoms with van der Waals surface area (Å²) < 4.78 is 0.704. The van der Waals surface area contributed by atoms with Crippen LogP contribution in [0.4, 0.5) is 11.4 Å². The Labute approximate surface area is 109 Å². The van der Waals surface area contributed by atoms with Gasteiger partial charge in [-0.05, 0) is 12.1 Å². The normalized spacial score (nSPS) is 10.6. The fourth-order valence-corrected chi connectivity index (χ4v) is 1.71. The third kappa shape index (κ3) is 4.70. The van der Waals surface area contributed by atoms with E-state index in [0.717, 1.165) is 6.54 Å². The van der Waals surface area contributed by atoms with Crippen LogP contribution in [0.3, 0.4) is 0 Å². The van der Waals surface area contributed by atoms with Crippen LogP contribution in [0.2, 0.25) is 0 Å². The van der Waals surface area contributed by atoms with Gasteiger partial charge < -0.3 is 10.6 Å². The van der Waals surface area contributed by atoms with Crippen LogP contribution in [0.5, 0.6) is 0 Å². The highest BCUT2D eigenvalue weighted by atomic mass is 79.9. The Morgan fingerprint density at radius 1 is 1.41 bits per heavy atom. The summed E-state index contributed by atoms with van der Waals surface area (Å²) in [6.45, 7) is 5.54. The standard InChI is InChI=1S/C11H16BrN3O2/c1-8(2)13-5-6-14-10-4-3-9(12)7-11(10)15(16)17/h3-4,7-8,13-14H,5-6H2,1-2H3. The summed E-state index contributed by atoms with van der Waals surface area (Å²) in [5, 5.41) is 17.1. The Morgan fingerprint density at radius 3 is 2.71 bits per heavy atom. The molecular formula is C11H16BrN3O2. The average Bonchev–Trinajstić information content (AvgIpc) is 2.25. The Hall–Kier alpha value is -1.14. The number of benzene rings is 1. The Bertz CT molecular complexity index is 396. The summed E-state index contributed by atoms with van der Waals surface area (Å²) >= 11 is 3.22. The minimum Gasteiger partial charge on any atom is -0.378 e. The SMILES string of the molecule is CC(C)NCCNc1ccc(Br)cc1[N+](=O)[O-]. The fraction of sp³-hybridized carbons (Fsp3) is 0.455. The fourth-order valence-electron chi connectivity index (χ4n) is 1.36. The van der Waals surface area contributed by atoms with Crippen molar-refractivity contribution in [3.8, 4) is 0 Å². The van der Waals surface area contributed by atoms with E-state index in [-0.39, 0.29) is 10.6 Å². The average molecular weight is 302 g/mol. The van der Waals surface area contributed by atoms with Crippen LogP contribution < -0.4 is 10.6 Å². The number of nitro benzene ring substituents is 1. The molecule has 0 fully saturated rings. The minimum absolute atomic E-state index is 0.0870. The molecule has 2 N–H and O–H groups in total. The molecule has 94 valence electrons. The number of hydrogen-bond donors (Lipinski definition) is 2. The molecule has 0 radical (unpaired) electrons. The molecule has 0 bridgehead atoms. The Kier molecular flexibility index (Phi) is 5.37. The van der Waals surface area contributed by atoms with Gasteiger partial charge in [-0.3, -0.25) is 10.1 Å². The van der Waals surface area contributed by atoms with Gasteiger partial charge in [-0.1, -0.05) is 29.8 Å². The van der Waals surface area contributed by atoms with E-state index in [0.29, 0.717) is 22.7 Å². The first-order chi connectivity index (χ1) is 8.00. The van der Waals surface area contributed by atoms with Crippen molar-refractivity contribution in [3.63, 3.8) is 0 Å². The molecule has 0 saturated heterocycles. The molecule has 0 aliphatic rings. The molecule has 6 heteroatoms. The third-order valence-corrected chi connectivity index (χ3v) is 2.64. The molecule has 17 heavy (non-hydrogen) atoms. The van der Waals surface area contributed by atoms with Gasteiger partial charge in [-0.2, -0.15) is 0 Å². The molecule has 1 aromatic carbocycles. The Balaban J connectivity index is 2.61. The second kappa shape index (κ2) is 6.56. The molecule has 0 atom stereocenters. The van der Waals surface area contributed by atoms with Gasteiger partial charge in [0.1, 0.15) is 5.69 Å². The first-order valence-electron chi connectivity index (χ1n) is 5.42. The van der Waals surface area contributed by atoms with E-state index in [1.807, 2.05) is 0 Å². The van der Waals surface area contributed by atoms with Crippen LogP contribution in [-0.4, -0.2) is 24.1 Å². The van der Waals surface area contributed by atoms with Crippen molar-refractivity contribution in [1.82, 2.24) is 5.32 Å². The van der Waals surface area contributed by atoms with Gasteiger partial charge in [0.05, 0.1) is 4.92 Å². The van der Waals surface area contributed by atoms with Crippen LogP contribution >= 0.6 is 15.9 Å². The number of rotatable bonds is 6. The second-order valence-corrected chi connectivity index (χ2v) is 4.87. The predicted octanol–water partition coefficient (Wildman–Crippen LogP) is 2.77. The molecule has 0 aliphatic carbocycles. The van der Waals surface area contributed by atoms with Crippen molar-refractivity contribution in [2.75, 3.05) is 18.4 Å². The van der Waals surface area contributed by atoms with Crippen molar-refractivity contribution in [2.45, 2.75) is 19.9 Å². The predicted molar refractivity (Wildman–Crippen MR) is 72.4 cm³/mol. The number of nitrogens with zero attached hydrogens (tertiary/aromatic N) is 1. The van der Waals surface area contributed by atoms with Crippen molar-refractivity contribution in [3.05, 3.63) is 32.8 Å². The molecule has 0 unspecified atom stereocenters. The third-order valence-electron chi connectivity index (χ3n) is 2.15. The summed E-state index contributed by atoms with van der Waals surface area (Å²) in [5.41, 5.74) is 0.632.